The molecule has 0 aromatic carbocycles. The quantitative estimate of drug-likeness (QED) is 0.872. The Bertz CT molecular complexity index is 409. The van der Waals surface area contributed by atoms with Gasteiger partial charge in [-0.3, -0.25) is 0 Å². The van der Waals surface area contributed by atoms with E-state index in [0.717, 1.165) is 17.9 Å². The lowest BCUT2D eigenvalue weighted by Crippen LogP contribution is -2.48. The fourth-order valence-corrected chi connectivity index (χ4v) is 2.07. The Morgan fingerprint density at radius 3 is 2.94 bits per heavy atom. The molecule has 5 nitrogen and oxygen atoms in total. The number of anilines is 1. The third kappa shape index (κ3) is 2.79. The molecule has 0 amide bonds. The van der Waals surface area contributed by atoms with Crippen LogP contribution in [0.5, 0.6) is 0 Å². The summed E-state index contributed by atoms with van der Waals surface area (Å²) in [7, 11) is 0. The van der Waals surface area contributed by atoms with E-state index in [1.807, 2.05) is 17.9 Å². The smallest absolute Gasteiger partial charge is 0.226 e. The predicted molar refractivity (Wildman–Crippen MR) is 69.9 cm³/mol. The van der Waals surface area contributed by atoms with E-state index in [2.05, 4.69) is 23.8 Å². The number of nitrogens with zero attached hydrogens (tertiary/aromatic N) is 3. The molecule has 0 aliphatic carbocycles. The number of aliphatic hydroxyl groups excluding tert-OH is 1. The van der Waals surface area contributed by atoms with E-state index in [9.17, 15) is 5.11 Å². The number of aliphatic hydroxyl groups is 1. The molecule has 1 saturated heterocycles. The van der Waals surface area contributed by atoms with Crippen molar-refractivity contribution in [2.45, 2.75) is 32.7 Å². The summed E-state index contributed by atoms with van der Waals surface area (Å²) in [5.74, 6) is 1.08. The second-order valence-corrected chi connectivity index (χ2v) is 4.99. The van der Waals surface area contributed by atoms with E-state index >= 15 is 0 Å². The summed E-state index contributed by atoms with van der Waals surface area (Å²) in [5, 5.41) is 9.39. The first-order valence-corrected chi connectivity index (χ1v) is 6.42. The van der Waals surface area contributed by atoms with Crippen molar-refractivity contribution in [2.75, 3.05) is 31.3 Å². The average Bonchev–Trinajstić information content (AvgIpc) is 2.38. The molecular formula is C13H21N3O2. The Balaban J connectivity index is 2.30. The number of hydrogen-bond acceptors (Lipinski definition) is 5. The summed E-state index contributed by atoms with van der Waals surface area (Å²) >= 11 is 0. The number of hydrogen-bond donors (Lipinski definition) is 1. The third-order valence-corrected chi connectivity index (χ3v) is 3.15. The summed E-state index contributed by atoms with van der Waals surface area (Å²) in [5.41, 5.74) is 2.01. The monoisotopic (exact) mass is 251 g/mol. The summed E-state index contributed by atoms with van der Waals surface area (Å²) in [6.07, 6.45) is 0. The molecule has 1 aliphatic heterocycles. The maximum atomic E-state index is 9.39. The zero-order valence-electron chi connectivity index (χ0n) is 11.3. The Labute approximate surface area is 108 Å². The van der Waals surface area contributed by atoms with E-state index < -0.39 is 0 Å². The maximum absolute atomic E-state index is 9.39. The van der Waals surface area contributed by atoms with Gasteiger partial charge in [0.05, 0.1) is 25.9 Å². The zero-order valence-corrected chi connectivity index (χ0v) is 11.3. The highest BCUT2D eigenvalue weighted by Crippen LogP contribution is 2.19. The Hall–Kier alpha value is -1.20. The molecule has 1 unspecified atom stereocenters. The fourth-order valence-electron chi connectivity index (χ4n) is 2.07. The van der Waals surface area contributed by atoms with Gasteiger partial charge in [-0.25, -0.2) is 9.97 Å². The van der Waals surface area contributed by atoms with E-state index in [1.54, 1.807) is 0 Å². The molecule has 18 heavy (non-hydrogen) atoms. The van der Waals surface area contributed by atoms with Gasteiger partial charge in [0.2, 0.25) is 5.95 Å². The van der Waals surface area contributed by atoms with Crippen LogP contribution >= 0.6 is 0 Å². The van der Waals surface area contributed by atoms with E-state index in [0.29, 0.717) is 25.1 Å². The lowest BCUT2D eigenvalue weighted by atomic mass is 10.1. The molecule has 5 heteroatoms. The number of ether oxygens (including phenoxy) is 1. The van der Waals surface area contributed by atoms with Crippen molar-refractivity contribution in [3.63, 3.8) is 0 Å². The minimum Gasteiger partial charge on any atom is -0.394 e. The predicted octanol–water partition coefficient (Wildman–Crippen LogP) is 1.11. The summed E-state index contributed by atoms with van der Waals surface area (Å²) in [6, 6.07) is 1.98. The minimum absolute atomic E-state index is 0.0411. The standard InChI is InChI=1S/C13H21N3O2/c1-9(2)12-6-10(3)14-13(15-12)16-4-5-18-8-11(16)7-17/h6,9,11,17H,4-5,7-8H2,1-3H3. The van der Waals surface area contributed by atoms with Crippen molar-refractivity contribution in [3.8, 4) is 0 Å². The molecule has 1 aromatic heterocycles. The van der Waals surface area contributed by atoms with Crippen LogP contribution < -0.4 is 4.90 Å². The molecule has 1 fully saturated rings. The highest BCUT2D eigenvalue weighted by molar-refractivity contribution is 5.35. The van der Waals surface area contributed by atoms with Crippen LogP contribution in [0, 0.1) is 6.92 Å². The summed E-state index contributed by atoms with van der Waals surface area (Å²) in [6.45, 7) is 8.20. The Morgan fingerprint density at radius 2 is 2.28 bits per heavy atom. The molecule has 0 saturated carbocycles. The van der Waals surface area contributed by atoms with Gasteiger partial charge in [-0.2, -0.15) is 0 Å². The van der Waals surface area contributed by atoms with Crippen molar-refractivity contribution < 1.29 is 9.84 Å². The highest BCUT2D eigenvalue weighted by Gasteiger charge is 2.25. The first-order chi connectivity index (χ1) is 8.61. The third-order valence-electron chi connectivity index (χ3n) is 3.15. The van der Waals surface area contributed by atoms with Crippen molar-refractivity contribution in [2.24, 2.45) is 0 Å². The van der Waals surface area contributed by atoms with Gasteiger partial charge in [0.15, 0.2) is 0 Å². The van der Waals surface area contributed by atoms with Gasteiger partial charge in [0.25, 0.3) is 0 Å². The molecule has 0 radical (unpaired) electrons. The van der Waals surface area contributed by atoms with Crippen LogP contribution in [-0.2, 0) is 4.74 Å². The second-order valence-electron chi connectivity index (χ2n) is 4.99. The molecule has 1 aliphatic rings. The number of rotatable bonds is 3. The number of morpholine rings is 1. The van der Waals surface area contributed by atoms with Crippen molar-refractivity contribution in [1.82, 2.24) is 9.97 Å². The van der Waals surface area contributed by atoms with Crippen LogP contribution in [-0.4, -0.2) is 47.5 Å². The van der Waals surface area contributed by atoms with Crippen molar-refractivity contribution >= 4 is 5.95 Å². The van der Waals surface area contributed by atoms with E-state index in [-0.39, 0.29) is 12.6 Å². The van der Waals surface area contributed by atoms with Crippen LogP contribution in [0.4, 0.5) is 5.95 Å². The lowest BCUT2D eigenvalue weighted by Gasteiger charge is -2.34. The van der Waals surface area contributed by atoms with Gasteiger partial charge < -0.3 is 14.7 Å². The number of aromatic nitrogens is 2. The topological polar surface area (TPSA) is 58.5 Å². The van der Waals surface area contributed by atoms with Crippen LogP contribution in [0.25, 0.3) is 0 Å². The van der Waals surface area contributed by atoms with Gasteiger partial charge >= 0.3 is 0 Å². The molecule has 100 valence electrons. The second kappa shape index (κ2) is 5.63. The lowest BCUT2D eigenvalue weighted by molar-refractivity contribution is 0.0718. The van der Waals surface area contributed by atoms with Crippen LogP contribution in [0.1, 0.15) is 31.2 Å². The van der Waals surface area contributed by atoms with Gasteiger partial charge in [-0.1, -0.05) is 13.8 Å². The summed E-state index contributed by atoms with van der Waals surface area (Å²) < 4.78 is 5.38. The SMILES string of the molecule is Cc1cc(C(C)C)nc(N2CCOCC2CO)n1. The molecule has 2 rings (SSSR count). The van der Waals surface area contributed by atoms with Gasteiger partial charge in [-0.05, 0) is 18.9 Å². The molecular weight excluding hydrogens is 230 g/mol. The van der Waals surface area contributed by atoms with Crippen molar-refractivity contribution in [1.29, 1.82) is 0 Å². The van der Waals surface area contributed by atoms with Gasteiger partial charge in [0.1, 0.15) is 0 Å². The Kier molecular flexibility index (Phi) is 4.14. The molecule has 1 atom stereocenters. The minimum atomic E-state index is -0.0411. The largest absolute Gasteiger partial charge is 0.394 e. The highest BCUT2D eigenvalue weighted by atomic mass is 16.5. The normalized spacial score (nSPS) is 20.5. The van der Waals surface area contributed by atoms with Crippen LogP contribution in [0.3, 0.4) is 0 Å². The summed E-state index contributed by atoms with van der Waals surface area (Å²) in [4.78, 5) is 11.1. The molecule has 2 heterocycles. The van der Waals surface area contributed by atoms with Crippen LogP contribution in [0.2, 0.25) is 0 Å². The Morgan fingerprint density at radius 1 is 1.50 bits per heavy atom. The van der Waals surface area contributed by atoms with Gasteiger partial charge in [-0.15, -0.1) is 0 Å². The maximum Gasteiger partial charge on any atom is 0.226 e. The van der Waals surface area contributed by atoms with Crippen molar-refractivity contribution in [3.05, 3.63) is 17.5 Å². The average molecular weight is 251 g/mol. The van der Waals surface area contributed by atoms with E-state index in [4.69, 9.17) is 4.74 Å². The zero-order chi connectivity index (χ0) is 13.1. The molecule has 0 spiro atoms. The first-order valence-electron chi connectivity index (χ1n) is 6.42. The van der Waals surface area contributed by atoms with Crippen LogP contribution in [0.15, 0.2) is 6.07 Å². The first kappa shape index (κ1) is 13.2. The molecule has 0 bridgehead atoms. The number of aryl methyl sites for hydroxylation is 1. The molecule has 1 aromatic rings. The molecule has 1 N–H and O–H groups in total. The van der Waals surface area contributed by atoms with Gasteiger partial charge in [0, 0.05) is 17.9 Å². The van der Waals surface area contributed by atoms with E-state index in [1.165, 1.54) is 0 Å². The fraction of sp³-hybridized carbons (Fsp3) is 0.692.